The molecule has 0 unspecified atom stereocenters. The van der Waals surface area contributed by atoms with Crippen LogP contribution in [0.3, 0.4) is 0 Å². The van der Waals surface area contributed by atoms with Gasteiger partial charge in [0.2, 0.25) is 0 Å². The Morgan fingerprint density at radius 1 is 0.951 bits per heavy atom. The molecular weight excluding hydrogens is 544 g/mol. The van der Waals surface area contributed by atoms with Crippen LogP contribution in [0.25, 0.3) is 11.0 Å². The molecule has 3 aromatic carbocycles. The Bertz CT molecular complexity index is 1700. The SMILES string of the molecule is N#Cc1ccc(NC(=O)Nc2ccc(C(=O)c3ccc4ncc(N5CCOCC5)nc4c3)c(F)c2)cc1C(F)(F)F. The second-order valence-corrected chi connectivity index (χ2v) is 9.00. The lowest BCUT2D eigenvalue weighted by Crippen LogP contribution is -2.36. The smallest absolute Gasteiger partial charge is 0.378 e. The third-order valence-corrected chi connectivity index (χ3v) is 6.30. The Morgan fingerprint density at radius 3 is 2.34 bits per heavy atom. The summed E-state index contributed by atoms with van der Waals surface area (Å²) in [6.07, 6.45) is -3.15. The van der Waals surface area contributed by atoms with Gasteiger partial charge in [0.1, 0.15) is 11.6 Å². The summed E-state index contributed by atoms with van der Waals surface area (Å²) in [5.74, 6) is -0.893. The predicted molar refractivity (Wildman–Crippen MR) is 141 cm³/mol. The molecule has 0 atom stereocenters. The van der Waals surface area contributed by atoms with Crippen molar-refractivity contribution in [2.45, 2.75) is 6.18 Å². The largest absolute Gasteiger partial charge is 0.417 e. The van der Waals surface area contributed by atoms with Gasteiger partial charge in [0.25, 0.3) is 0 Å². The average molecular weight is 564 g/mol. The van der Waals surface area contributed by atoms with Crippen LogP contribution >= 0.6 is 0 Å². The lowest BCUT2D eigenvalue weighted by atomic mass is 10.0. The van der Waals surface area contributed by atoms with Crippen molar-refractivity contribution in [3.8, 4) is 6.07 Å². The second kappa shape index (κ2) is 11.2. The van der Waals surface area contributed by atoms with E-state index in [2.05, 4.69) is 20.6 Å². The third-order valence-electron chi connectivity index (χ3n) is 6.30. The van der Waals surface area contributed by atoms with Crippen molar-refractivity contribution in [3.63, 3.8) is 0 Å². The van der Waals surface area contributed by atoms with Crippen LogP contribution in [0.1, 0.15) is 27.0 Å². The van der Waals surface area contributed by atoms with Gasteiger partial charge in [0, 0.05) is 30.0 Å². The first-order valence-electron chi connectivity index (χ1n) is 12.3. The summed E-state index contributed by atoms with van der Waals surface area (Å²) in [7, 11) is 0. The van der Waals surface area contributed by atoms with Crippen molar-refractivity contribution >= 4 is 40.0 Å². The number of rotatable bonds is 5. The normalized spacial score (nSPS) is 13.5. The zero-order valence-electron chi connectivity index (χ0n) is 21.1. The molecular formula is C28H20F4N6O3. The highest BCUT2D eigenvalue weighted by Crippen LogP contribution is 2.33. The number of alkyl halides is 3. The van der Waals surface area contributed by atoms with E-state index in [1.165, 1.54) is 30.3 Å². The second-order valence-electron chi connectivity index (χ2n) is 9.00. The monoisotopic (exact) mass is 564 g/mol. The van der Waals surface area contributed by atoms with Crippen LogP contribution in [0.15, 0.2) is 60.8 Å². The number of fused-ring (bicyclic) bond motifs is 1. The van der Waals surface area contributed by atoms with Crippen molar-refractivity contribution < 1.29 is 31.9 Å². The van der Waals surface area contributed by atoms with Crippen LogP contribution < -0.4 is 15.5 Å². The summed E-state index contributed by atoms with van der Waals surface area (Å²) in [6.45, 7) is 2.45. The summed E-state index contributed by atoms with van der Waals surface area (Å²) < 4.78 is 59.9. The highest BCUT2D eigenvalue weighted by atomic mass is 19.4. The van der Waals surface area contributed by atoms with Crippen molar-refractivity contribution in [2.24, 2.45) is 0 Å². The number of ketones is 1. The summed E-state index contributed by atoms with van der Waals surface area (Å²) in [6, 6.07) is 11.2. The summed E-state index contributed by atoms with van der Waals surface area (Å²) >= 11 is 0. The number of aromatic nitrogens is 2. The van der Waals surface area contributed by atoms with E-state index in [1.54, 1.807) is 12.3 Å². The molecule has 4 aromatic rings. The summed E-state index contributed by atoms with van der Waals surface area (Å²) in [4.78, 5) is 36.5. The molecule has 5 rings (SSSR count). The number of nitriles is 1. The van der Waals surface area contributed by atoms with E-state index in [0.717, 1.165) is 18.2 Å². The Labute approximate surface area is 230 Å². The van der Waals surface area contributed by atoms with E-state index in [1.807, 2.05) is 4.90 Å². The first-order valence-corrected chi connectivity index (χ1v) is 12.3. The number of hydrogen-bond acceptors (Lipinski definition) is 7. The predicted octanol–water partition coefficient (Wildman–Crippen LogP) is 5.37. The Balaban J connectivity index is 1.30. The van der Waals surface area contributed by atoms with Crippen LogP contribution in [0.4, 0.5) is 39.5 Å². The fraction of sp³-hybridized carbons (Fsp3) is 0.179. The summed E-state index contributed by atoms with van der Waals surface area (Å²) in [5, 5.41) is 13.4. The number of halogens is 4. The molecule has 208 valence electrons. The topological polar surface area (TPSA) is 120 Å². The standard InChI is InChI=1S/C28H20F4N6O3/c29-22-13-19(36-27(40)35-18-3-1-17(14-33)21(12-18)28(30,31)32)4-5-20(22)26(39)16-2-6-23-24(11-16)37-25(15-34-23)38-7-9-41-10-8-38/h1-6,11-13,15H,7-10H2,(H2,35,36,40). The van der Waals surface area contributed by atoms with Gasteiger partial charge in [-0.25, -0.2) is 14.2 Å². The molecule has 1 fully saturated rings. The number of carbonyl (C=O) groups excluding carboxylic acids is 2. The molecule has 1 aliphatic heterocycles. The number of anilines is 3. The molecule has 0 saturated carbocycles. The molecule has 0 radical (unpaired) electrons. The Hall–Kier alpha value is -5.09. The molecule has 2 heterocycles. The van der Waals surface area contributed by atoms with E-state index in [9.17, 15) is 27.2 Å². The number of nitrogens with one attached hydrogen (secondary N) is 2. The number of ether oxygens (including phenoxy) is 1. The molecule has 0 aliphatic carbocycles. The first kappa shape index (κ1) is 27.5. The first-order chi connectivity index (χ1) is 19.6. The molecule has 1 aromatic heterocycles. The van der Waals surface area contributed by atoms with Crippen LogP contribution in [0.5, 0.6) is 0 Å². The third kappa shape index (κ3) is 6.07. The Morgan fingerprint density at radius 2 is 1.66 bits per heavy atom. The zero-order chi connectivity index (χ0) is 29.1. The minimum atomic E-state index is -4.80. The maximum absolute atomic E-state index is 15.0. The van der Waals surface area contributed by atoms with Crippen molar-refractivity contribution in [1.29, 1.82) is 5.26 Å². The molecule has 1 aliphatic rings. The van der Waals surface area contributed by atoms with Gasteiger partial charge < -0.3 is 20.3 Å². The van der Waals surface area contributed by atoms with Gasteiger partial charge in [-0.05, 0) is 54.6 Å². The number of urea groups is 1. The van der Waals surface area contributed by atoms with Gasteiger partial charge in [0.05, 0.1) is 53.2 Å². The van der Waals surface area contributed by atoms with Crippen molar-refractivity contribution in [3.05, 3.63) is 88.9 Å². The molecule has 9 nitrogen and oxygen atoms in total. The van der Waals surface area contributed by atoms with E-state index >= 15 is 0 Å². The fourth-order valence-electron chi connectivity index (χ4n) is 4.27. The van der Waals surface area contributed by atoms with Gasteiger partial charge in [-0.1, -0.05) is 0 Å². The number of amides is 2. The van der Waals surface area contributed by atoms with Gasteiger partial charge in [0.15, 0.2) is 5.78 Å². The van der Waals surface area contributed by atoms with Gasteiger partial charge in [-0.2, -0.15) is 18.4 Å². The number of carbonyl (C=O) groups is 2. The van der Waals surface area contributed by atoms with E-state index in [4.69, 9.17) is 10.00 Å². The van der Waals surface area contributed by atoms with E-state index in [0.29, 0.717) is 49.2 Å². The van der Waals surface area contributed by atoms with Gasteiger partial charge in [-0.15, -0.1) is 0 Å². The minimum absolute atomic E-state index is 0.0410. The van der Waals surface area contributed by atoms with Gasteiger partial charge >= 0.3 is 12.2 Å². The van der Waals surface area contributed by atoms with Gasteiger partial charge in [-0.3, -0.25) is 9.78 Å². The highest BCUT2D eigenvalue weighted by molar-refractivity contribution is 6.10. The maximum Gasteiger partial charge on any atom is 0.417 e. The highest BCUT2D eigenvalue weighted by Gasteiger charge is 2.34. The average Bonchev–Trinajstić information content (AvgIpc) is 2.96. The minimum Gasteiger partial charge on any atom is -0.378 e. The van der Waals surface area contributed by atoms with Crippen molar-refractivity contribution in [1.82, 2.24) is 9.97 Å². The molecule has 13 heteroatoms. The maximum atomic E-state index is 15.0. The lowest BCUT2D eigenvalue weighted by Gasteiger charge is -2.27. The number of morpholine rings is 1. The van der Waals surface area contributed by atoms with Crippen LogP contribution in [0, 0.1) is 17.1 Å². The zero-order valence-corrected chi connectivity index (χ0v) is 21.1. The molecule has 41 heavy (non-hydrogen) atoms. The van der Waals surface area contributed by atoms with Crippen molar-refractivity contribution in [2.75, 3.05) is 41.8 Å². The summed E-state index contributed by atoms with van der Waals surface area (Å²) in [5.41, 5.74) is -1.11. The molecule has 0 bridgehead atoms. The number of nitrogens with zero attached hydrogens (tertiary/aromatic N) is 4. The molecule has 2 N–H and O–H groups in total. The molecule has 1 saturated heterocycles. The van der Waals surface area contributed by atoms with Crippen LogP contribution in [0.2, 0.25) is 0 Å². The van der Waals surface area contributed by atoms with Crippen LogP contribution in [-0.2, 0) is 10.9 Å². The Kier molecular flexibility index (Phi) is 7.50. The number of hydrogen-bond donors (Lipinski definition) is 2. The fourth-order valence-corrected chi connectivity index (χ4v) is 4.27. The quantitative estimate of drug-likeness (QED) is 0.247. The molecule has 0 spiro atoms. The number of benzene rings is 3. The van der Waals surface area contributed by atoms with Crippen LogP contribution in [-0.4, -0.2) is 48.1 Å². The van der Waals surface area contributed by atoms with E-state index in [-0.39, 0.29) is 22.5 Å². The lowest BCUT2D eigenvalue weighted by molar-refractivity contribution is -0.137. The van der Waals surface area contributed by atoms with E-state index < -0.39 is 34.9 Å². The molecule has 2 amide bonds.